The largest absolute Gasteiger partial charge is 0.460 e. The average Bonchev–Trinajstić information content (AvgIpc) is 2.19. The molecule has 0 saturated carbocycles. The summed E-state index contributed by atoms with van der Waals surface area (Å²) in [6, 6.07) is -0.492. The highest BCUT2D eigenvalue weighted by Crippen LogP contribution is 2.13. The van der Waals surface area contributed by atoms with Gasteiger partial charge in [-0.1, -0.05) is 0 Å². The molecule has 0 aliphatic heterocycles. The minimum Gasteiger partial charge on any atom is -0.460 e. The van der Waals surface area contributed by atoms with E-state index < -0.39 is 29.3 Å². The van der Waals surface area contributed by atoms with E-state index in [9.17, 15) is 14.4 Å². The number of ketones is 1. The molecule has 0 aromatic rings. The molecule has 0 aliphatic carbocycles. The summed E-state index contributed by atoms with van der Waals surface area (Å²) < 4.78 is 10.4. The van der Waals surface area contributed by atoms with Gasteiger partial charge in [0.25, 0.3) is 0 Å². The van der Waals surface area contributed by atoms with Crippen LogP contribution in [0, 0.1) is 0 Å². The van der Waals surface area contributed by atoms with Crippen molar-refractivity contribution in [2.75, 3.05) is 0 Å². The molecular weight excluding hydrogens is 286 g/mol. The number of esters is 1. The molecule has 0 heterocycles. The van der Waals surface area contributed by atoms with Crippen LogP contribution < -0.4 is 5.32 Å². The Morgan fingerprint density at radius 3 is 1.86 bits per heavy atom. The number of nitrogens with one attached hydrogen (secondary N) is 1. The zero-order chi connectivity index (χ0) is 17.6. The molecular formula is C16H29NO5. The summed E-state index contributed by atoms with van der Waals surface area (Å²) in [6.45, 7) is 12.1. The van der Waals surface area contributed by atoms with Crippen molar-refractivity contribution in [1.82, 2.24) is 5.32 Å². The molecule has 1 atom stereocenters. The number of hydrogen-bond acceptors (Lipinski definition) is 5. The maximum atomic E-state index is 11.9. The van der Waals surface area contributed by atoms with E-state index in [2.05, 4.69) is 5.32 Å². The second-order valence-corrected chi connectivity index (χ2v) is 7.37. The maximum Gasteiger partial charge on any atom is 0.407 e. The van der Waals surface area contributed by atoms with Crippen molar-refractivity contribution in [1.29, 1.82) is 0 Å². The van der Waals surface area contributed by atoms with Gasteiger partial charge in [0, 0.05) is 12.5 Å². The smallest absolute Gasteiger partial charge is 0.407 e. The fourth-order valence-electron chi connectivity index (χ4n) is 1.66. The van der Waals surface area contributed by atoms with E-state index in [4.69, 9.17) is 9.47 Å². The van der Waals surface area contributed by atoms with E-state index >= 15 is 0 Å². The second-order valence-electron chi connectivity index (χ2n) is 7.37. The summed E-state index contributed by atoms with van der Waals surface area (Å²) in [5.74, 6) is -0.419. The monoisotopic (exact) mass is 315 g/mol. The Hall–Kier alpha value is -1.59. The highest BCUT2D eigenvalue weighted by molar-refractivity contribution is 5.76. The lowest BCUT2D eigenvalue weighted by Gasteiger charge is -2.25. The molecule has 6 heteroatoms. The first-order valence-electron chi connectivity index (χ1n) is 7.49. The van der Waals surface area contributed by atoms with Crippen molar-refractivity contribution in [3.8, 4) is 0 Å². The van der Waals surface area contributed by atoms with Crippen LogP contribution in [0.2, 0.25) is 0 Å². The van der Waals surface area contributed by atoms with E-state index in [0.29, 0.717) is 6.42 Å². The van der Waals surface area contributed by atoms with E-state index in [0.717, 1.165) is 0 Å². The Morgan fingerprint density at radius 1 is 0.955 bits per heavy atom. The Kier molecular flexibility index (Phi) is 7.56. The van der Waals surface area contributed by atoms with Crippen LogP contribution in [0.1, 0.15) is 67.7 Å². The molecule has 1 amide bonds. The fraction of sp³-hybridized carbons (Fsp3) is 0.812. The summed E-state index contributed by atoms with van der Waals surface area (Å²) in [4.78, 5) is 34.8. The van der Waals surface area contributed by atoms with Gasteiger partial charge in [-0.05, 0) is 54.9 Å². The second kappa shape index (κ2) is 8.15. The van der Waals surface area contributed by atoms with Crippen LogP contribution in [0.3, 0.4) is 0 Å². The number of amides is 1. The van der Waals surface area contributed by atoms with Crippen LogP contribution in [0.25, 0.3) is 0 Å². The first kappa shape index (κ1) is 20.4. The topological polar surface area (TPSA) is 81.7 Å². The van der Waals surface area contributed by atoms with Crippen molar-refractivity contribution in [2.45, 2.75) is 85.0 Å². The number of Topliss-reactive ketones (excluding diaryl/α,β-unsaturated/α-hetero) is 1. The quantitative estimate of drug-likeness (QED) is 0.762. The summed E-state index contributed by atoms with van der Waals surface area (Å²) >= 11 is 0. The first-order valence-corrected chi connectivity index (χ1v) is 7.49. The molecule has 0 bridgehead atoms. The van der Waals surface area contributed by atoms with Crippen molar-refractivity contribution < 1.29 is 23.9 Å². The molecule has 0 radical (unpaired) electrons. The molecule has 0 aromatic heterocycles. The zero-order valence-electron chi connectivity index (χ0n) is 14.7. The summed E-state index contributed by atoms with van der Waals surface area (Å²) in [6.07, 6.45) is 0.0468. The molecule has 0 aliphatic rings. The number of carbonyl (C=O) groups excluding carboxylic acids is 3. The van der Waals surface area contributed by atoms with Gasteiger partial charge in [0.2, 0.25) is 0 Å². The lowest BCUT2D eigenvalue weighted by atomic mass is 10.1. The summed E-state index contributed by atoms with van der Waals surface area (Å²) in [7, 11) is 0. The van der Waals surface area contributed by atoms with Crippen LogP contribution in [0.4, 0.5) is 4.79 Å². The molecule has 1 N–H and O–H groups in total. The predicted molar refractivity (Wildman–Crippen MR) is 83.5 cm³/mol. The van der Waals surface area contributed by atoms with Crippen LogP contribution in [0.5, 0.6) is 0 Å². The standard InChI is InChI=1S/C16H29NO5/c1-11(18)8-9-12(10-13(19)21-15(2,3)4)17-14(20)22-16(5,6)7/h12H,8-10H2,1-7H3,(H,17,20)/t12-/m1/s1. The third-order valence-corrected chi connectivity index (χ3v) is 2.40. The van der Waals surface area contributed by atoms with Crippen molar-refractivity contribution in [3.63, 3.8) is 0 Å². The van der Waals surface area contributed by atoms with Gasteiger partial charge >= 0.3 is 12.1 Å². The minimum absolute atomic E-state index is 0.000164. The van der Waals surface area contributed by atoms with Gasteiger partial charge in [0.05, 0.1) is 6.42 Å². The number of alkyl carbamates (subject to hydrolysis) is 1. The first-order chi connectivity index (χ1) is 9.78. The lowest BCUT2D eigenvalue weighted by molar-refractivity contribution is -0.155. The average molecular weight is 315 g/mol. The molecule has 0 spiro atoms. The van der Waals surface area contributed by atoms with Gasteiger partial charge in [-0.2, -0.15) is 0 Å². The Bertz CT molecular complexity index is 374. The number of carbonyl (C=O) groups is 3. The molecule has 0 unspecified atom stereocenters. The lowest BCUT2D eigenvalue weighted by Crippen LogP contribution is -2.41. The third kappa shape index (κ3) is 12.2. The third-order valence-electron chi connectivity index (χ3n) is 2.40. The summed E-state index contributed by atoms with van der Waals surface area (Å²) in [5.41, 5.74) is -1.21. The Balaban J connectivity index is 4.65. The normalized spacial score (nSPS) is 13.2. The Morgan fingerprint density at radius 2 is 1.45 bits per heavy atom. The van der Waals surface area contributed by atoms with Crippen molar-refractivity contribution in [3.05, 3.63) is 0 Å². The molecule has 6 nitrogen and oxygen atoms in total. The van der Waals surface area contributed by atoms with E-state index in [-0.39, 0.29) is 18.6 Å². The molecule has 128 valence electrons. The maximum absolute atomic E-state index is 11.9. The van der Waals surface area contributed by atoms with Gasteiger partial charge in [0.1, 0.15) is 17.0 Å². The SMILES string of the molecule is CC(=O)CC[C@H](CC(=O)OC(C)(C)C)NC(=O)OC(C)(C)C. The molecule has 22 heavy (non-hydrogen) atoms. The van der Waals surface area contributed by atoms with Crippen molar-refractivity contribution >= 4 is 17.8 Å². The zero-order valence-corrected chi connectivity index (χ0v) is 14.7. The number of rotatable bonds is 6. The predicted octanol–water partition coefficient (Wildman–Crippen LogP) is 2.98. The van der Waals surface area contributed by atoms with E-state index in [1.54, 1.807) is 41.5 Å². The van der Waals surface area contributed by atoms with Gasteiger partial charge in [-0.15, -0.1) is 0 Å². The van der Waals surface area contributed by atoms with Gasteiger partial charge in [-0.3, -0.25) is 4.79 Å². The molecule has 0 saturated heterocycles. The number of ether oxygens (including phenoxy) is 2. The van der Waals surface area contributed by atoms with Crippen LogP contribution >= 0.6 is 0 Å². The summed E-state index contributed by atoms with van der Waals surface area (Å²) in [5, 5.41) is 2.63. The van der Waals surface area contributed by atoms with Crippen molar-refractivity contribution in [2.24, 2.45) is 0 Å². The van der Waals surface area contributed by atoms with Crippen LogP contribution in [0.15, 0.2) is 0 Å². The van der Waals surface area contributed by atoms with E-state index in [1.807, 2.05) is 0 Å². The van der Waals surface area contributed by atoms with E-state index in [1.165, 1.54) is 6.92 Å². The number of hydrogen-bond donors (Lipinski definition) is 1. The fourth-order valence-corrected chi connectivity index (χ4v) is 1.66. The van der Waals surface area contributed by atoms with Crippen LogP contribution in [-0.2, 0) is 19.1 Å². The molecule has 0 rings (SSSR count). The molecule has 0 fully saturated rings. The van der Waals surface area contributed by atoms with Gasteiger partial charge < -0.3 is 19.6 Å². The minimum atomic E-state index is -0.624. The van der Waals surface area contributed by atoms with Gasteiger partial charge in [-0.25, -0.2) is 4.79 Å². The molecule has 0 aromatic carbocycles. The van der Waals surface area contributed by atoms with Crippen LogP contribution in [-0.4, -0.2) is 35.1 Å². The highest BCUT2D eigenvalue weighted by atomic mass is 16.6. The highest BCUT2D eigenvalue weighted by Gasteiger charge is 2.24. The van der Waals surface area contributed by atoms with Gasteiger partial charge in [0.15, 0.2) is 0 Å². The Labute approximate surface area is 132 Å².